The molecule has 1 aromatic rings. The molecule has 1 aromatic carbocycles. The number of amides is 1. The Labute approximate surface area is 110 Å². The van der Waals surface area contributed by atoms with Crippen LogP contribution in [0, 0.1) is 11.2 Å². The van der Waals surface area contributed by atoms with Crippen LogP contribution in [0.4, 0.5) is 4.39 Å². The van der Waals surface area contributed by atoms with Crippen molar-refractivity contribution in [1.82, 2.24) is 5.32 Å². The van der Waals surface area contributed by atoms with Gasteiger partial charge in [0.1, 0.15) is 5.82 Å². The molecular formula is C13H15ClFNO2. The standard InChI is InChI=1S/C13H15ClFNO2/c1-13(7-18-8-13)6-16-12(17)5-9-10(14)3-2-4-11(9)15/h2-4H,5-8H2,1H3,(H,16,17). The second kappa shape index (κ2) is 5.24. The Balaban J connectivity index is 1.91. The predicted octanol–water partition coefficient (Wildman–Crippen LogP) is 2.17. The number of ether oxygens (including phenoxy) is 1. The van der Waals surface area contributed by atoms with Gasteiger partial charge in [-0.2, -0.15) is 0 Å². The molecular weight excluding hydrogens is 257 g/mol. The zero-order valence-electron chi connectivity index (χ0n) is 10.1. The number of carbonyl (C=O) groups is 1. The smallest absolute Gasteiger partial charge is 0.224 e. The van der Waals surface area contributed by atoms with Crippen LogP contribution in [0.2, 0.25) is 5.02 Å². The molecule has 1 aliphatic heterocycles. The molecule has 1 heterocycles. The van der Waals surface area contributed by atoms with Gasteiger partial charge in [-0.25, -0.2) is 4.39 Å². The van der Waals surface area contributed by atoms with Gasteiger partial charge < -0.3 is 10.1 Å². The Morgan fingerprint density at radius 1 is 1.56 bits per heavy atom. The number of carbonyl (C=O) groups excluding carboxylic acids is 1. The SMILES string of the molecule is CC1(CNC(=O)Cc2c(F)cccc2Cl)COC1. The second-order valence-corrected chi connectivity index (χ2v) is 5.36. The van der Waals surface area contributed by atoms with Crippen LogP contribution < -0.4 is 5.32 Å². The zero-order valence-corrected chi connectivity index (χ0v) is 10.9. The summed E-state index contributed by atoms with van der Waals surface area (Å²) in [6, 6.07) is 4.40. The maximum atomic E-state index is 13.5. The second-order valence-electron chi connectivity index (χ2n) is 4.96. The average Bonchev–Trinajstić information content (AvgIpc) is 2.29. The first-order chi connectivity index (χ1) is 8.50. The lowest BCUT2D eigenvalue weighted by Gasteiger charge is -2.38. The minimum absolute atomic E-state index is 0.00862. The molecule has 1 N–H and O–H groups in total. The van der Waals surface area contributed by atoms with E-state index in [1.807, 2.05) is 6.92 Å². The molecule has 1 amide bonds. The minimum atomic E-state index is -0.448. The van der Waals surface area contributed by atoms with Crippen LogP contribution in [0.25, 0.3) is 0 Å². The summed E-state index contributed by atoms with van der Waals surface area (Å²) in [6.45, 7) is 3.87. The van der Waals surface area contributed by atoms with Gasteiger partial charge in [0.05, 0.1) is 19.6 Å². The number of benzene rings is 1. The lowest BCUT2D eigenvalue weighted by Crippen LogP contribution is -2.48. The number of nitrogens with one attached hydrogen (secondary N) is 1. The van der Waals surface area contributed by atoms with Gasteiger partial charge in [-0.15, -0.1) is 0 Å². The van der Waals surface area contributed by atoms with Crippen molar-refractivity contribution in [3.8, 4) is 0 Å². The van der Waals surface area contributed by atoms with Crippen LogP contribution in [-0.4, -0.2) is 25.7 Å². The Kier molecular flexibility index (Phi) is 3.88. The van der Waals surface area contributed by atoms with Crippen molar-refractivity contribution in [3.63, 3.8) is 0 Å². The highest BCUT2D eigenvalue weighted by molar-refractivity contribution is 6.31. The fourth-order valence-electron chi connectivity index (χ4n) is 1.79. The van der Waals surface area contributed by atoms with E-state index in [0.717, 1.165) is 0 Å². The summed E-state index contributed by atoms with van der Waals surface area (Å²) in [6.07, 6.45) is -0.0392. The van der Waals surface area contributed by atoms with Gasteiger partial charge >= 0.3 is 0 Å². The van der Waals surface area contributed by atoms with E-state index in [1.165, 1.54) is 12.1 Å². The van der Waals surface area contributed by atoms with E-state index < -0.39 is 5.82 Å². The van der Waals surface area contributed by atoms with E-state index in [2.05, 4.69) is 5.32 Å². The molecule has 18 heavy (non-hydrogen) atoms. The van der Waals surface area contributed by atoms with Gasteiger partial charge in [0, 0.05) is 22.5 Å². The number of halogens is 2. The molecule has 0 unspecified atom stereocenters. The quantitative estimate of drug-likeness (QED) is 0.912. The topological polar surface area (TPSA) is 38.3 Å². The van der Waals surface area contributed by atoms with Crippen LogP contribution >= 0.6 is 11.6 Å². The summed E-state index contributed by atoms with van der Waals surface area (Å²) in [5, 5.41) is 3.06. The van der Waals surface area contributed by atoms with Crippen molar-refractivity contribution in [3.05, 3.63) is 34.6 Å². The zero-order chi connectivity index (χ0) is 13.2. The van der Waals surface area contributed by atoms with Crippen LogP contribution in [-0.2, 0) is 16.0 Å². The highest BCUT2D eigenvalue weighted by Crippen LogP contribution is 2.25. The van der Waals surface area contributed by atoms with Crippen molar-refractivity contribution in [2.75, 3.05) is 19.8 Å². The molecule has 1 aliphatic rings. The van der Waals surface area contributed by atoms with E-state index >= 15 is 0 Å². The predicted molar refractivity (Wildman–Crippen MR) is 67.0 cm³/mol. The monoisotopic (exact) mass is 271 g/mol. The summed E-state index contributed by atoms with van der Waals surface area (Å²) >= 11 is 5.86. The van der Waals surface area contributed by atoms with Crippen LogP contribution in [0.1, 0.15) is 12.5 Å². The van der Waals surface area contributed by atoms with E-state index in [-0.39, 0.29) is 28.3 Å². The maximum absolute atomic E-state index is 13.5. The van der Waals surface area contributed by atoms with Crippen molar-refractivity contribution >= 4 is 17.5 Å². The van der Waals surface area contributed by atoms with E-state index in [4.69, 9.17) is 16.3 Å². The summed E-state index contributed by atoms with van der Waals surface area (Å²) in [7, 11) is 0. The first-order valence-electron chi connectivity index (χ1n) is 5.77. The molecule has 0 spiro atoms. The number of rotatable bonds is 4. The Morgan fingerprint density at radius 2 is 2.28 bits per heavy atom. The molecule has 5 heteroatoms. The molecule has 0 bridgehead atoms. The highest BCUT2D eigenvalue weighted by Gasteiger charge is 2.33. The van der Waals surface area contributed by atoms with Crippen molar-refractivity contribution in [1.29, 1.82) is 0 Å². The summed E-state index contributed by atoms with van der Waals surface area (Å²) in [4.78, 5) is 11.7. The van der Waals surface area contributed by atoms with Crippen LogP contribution in [0.3, 0.4) is 0 Å². The van der Waals surface area contributed by atoms with Crippen LogP contribution in [0.15, 0.2) is 18.2 Å². The third-order valence-corrected chi connectivity index (χ3v) is 3.37. The lowest BCUT2D eigenvalue weighted by molar-refractivity contribution is -0.126. The third-order valence-electron chi connectivity index (χ3n) is 3.01. The molecule has 1 fully saturated rings. The first kappa shape index (κ1) is 13.3. The Morgan fingerprint density at radius 3 is 2.83 bits per heavy atom. The fourth-order valence-corrected chi connectivity index (χ4v) is 2.02. The van der Waals surface area contributed by atoms with Gasteiger partial charge in [0.25, 0.3) is 0 Å². The van der Waals surface area contributed by atoms with Crippen molar-refractivity contribution < 1.29 is 13.9 Å². The van der Waals surface area contributed by atoms with Gasteiger partial charge in [-0.1, -0.05) is 24.6 Å². The van der Waals surface area contributed by atoms with Crippen molar-refractivity contribution in [2.24, 2.45) is 5.41 Å². The molecule has 0 radical (unpaired) electrons. The average molecular weight is 272 g/mol. The Hall–Kier alpha value is -1.13. The van der Waals surface area contributed by atoms with E-state index in [0.29, 0.717) is 19.8 Å². The Bertz CT molecular complexity index is 440. The molecule has 0 saturated carbocycles. The van der Waals surface area contributed by atoms with Gasteiger partial charge in [0.2, 0.25) is 5.91 Å². The summed E-state index contributed by atoms with van der Waals surface area (Å²) < 4.78 is 18.6. The number of hydrogen-bond acceptors (Lipinski definition) is 2. The van der Waals surface area contributed by atoms with E-state index in [9.17, 15) is 9.18 Å². The molecule has 2 rings (SSSR count). The fraction of sp³-hybridized carbons (Fsp3) is 0.462. The third kappa shape index (κ3) is 3.00. The largest absolute Gasteiger partial charge is 0.380 e. The van der Waals surface area contributed by atoms with Gasteiger partial charge in [0.15, 0.2) is 0 Å². The minimum Gasteiger partial charge on any atom is -0.380 e. The molecule has 0 aromatic heterocycles. The maximum Gasteiger partial charge on any atom is 0.224 e. The molecule has 1 saturated heterocycles. The summed E-state index contributed by atoms with van der Waals surface area (Å²) in [5.74, 6) is -0.675. The normalized spacial score (nSPS) is 17.1. The van der Waals surface area contributed by atoms with Gasteiger partial charge in [-0.05, 0) is 12.1 Å². The van der Waals surface area contributed by atoms with Gasteiger partial charge in [-0.3, -0.25) is 4.79 Å². The van der Waals surface area contributed by atoms with Crippen LogP contribution in [0.5, 0.6) is 0 Å². The lowest BCUT2D eigenvalue weighted by atomic mass is 9.89. The highest BCUT2D eigenvalue weighted by atomic mass is 35.5. The van der Waals surface area contributed by atoms with E-state index in [1.54, 1.807) is 6.07 Å². The van der Waals surface area contributed by atoms with Crippen molar-refractivity contribution in [2.45, 2.75) is 13.3 Å². The summed E-state index contributed by atoms with van der Waals surface area (Å²) in [5.41, 5.74) is 0.251. The number of hydrogen-bond donors (Lipinski definition) is 1. The molecule has 3 nitrogen and oxygen atoms in total. The molecule has 0 atom stereocenters. The molecule has 0 aliphatic carbocycles. The molecule has 98 valence electrons. The first-order valence-corrected chi connectivity index (χ1v) is 6.15.